The lowest BCUT2D eigenvalue weighted by molar-refractivity contribution is -0.144. The monoisotopic (exact) mass is 289 g/mol. The van der Waals surface area contributed by atoms with Gasteiger partial charge in [-0.3, -0.25) is 9.59 Å². The highest BCUT2D eigenvalue weighted by atomic mass is 16.4. The smallest absolute Gasteiger partial charge is 0.308 e. The van der Waals surface area contributed by atoms with Crippen LogP contribution in [0.1, 0.15) is 31.2 Å². The van der Waals surface area contributed by atoms with Crippen LogP contribution in [0.15, 0.2) is 30.3 Å². The van der Waals surface area contributed by atoms with Gasteiger partial charge in [0.25, 0.3) is 0 Å². The van der Waals surface area contributed by atoms with Crippen LogP contribution in [0.3, 0.4) is 0 Å². The minimum absolute atomic E-state index is 0.170. The van der Waals surface area contributed by atoms with E-state index in [0.29, 0.717) is 12.8 Å². The fourth-order valence-corrected chi connectivity index (χ4v) is 2.59. The molecule has 5 nitrogen and oxygen atoms in total. The second-order valence-corrected chi connectivity index (χ2v) is 5.27. The molecule has 1 fully saturated rings. The molecular weight excluding hydrogens is 270 g/mol. The number of aromatic hydroxyl groups is 1. The van der Waals surface area contributed by atoms with Gasteiger partial charge in [0.2, 0.25) is 5.91 Å². The summed E-state index contributed by atoms with van der Waals surface area (Å²) < 4.78 is 0. The van der Waals surface area contributed by atoms with Crippen molar-refractivity contribution in [3.05, 3.63) is 35.9 Å². The van der Waals surface area contributed by atoms with E-state index in [9.17, 15) is 14.7 Å². The second-order valence-electron chi connectivity index (χ2n) is 5.27. The van der Waals surface area contributed by atoms with Crippen LogP contribution in [-0.2, 0) is 9.59 Å². The van der Waals surface area contributed by atoms with Gasteiger partial charge in [0.05, 0.1) is 5.92 Å². The van der Waals surface area contributed by atoms with Crippen LogP contribution >= 0.6 is 0 Å². The van der Waals surface area contributed by atoms with Crippen LogP contribution in [0, 0.1) is 5.92 Å². The number of phenols is 1. The van der Waals surface area contributed by atoms with E-state index in [2.05, 4.69) is 5.32 Å². The average molecular weight is 289 g/mol. The Bertz CT molecular complexity index is 536. The third-order valence-corrected chi connectivity index (χ3v) is 3.73. The van der Waals surface area contributed by atoms with Gasteiger partial charge in [-0.15, -0.1) is 0 Å². The minimum Gasteiger partial charge on any atom is -0.508 e. The van der Waals surface area contributed by atoms with Crippen molar-refractivity contribution < 1.29 is 19.8 Å². The molecule has 0 spiro atoms. The third-order valence-electron chi connectivity index (χ3n) is 3.73. The van der Waals surface area contributed by atoms with Crippen molar-refractivity contribution in [1.82, 2.24) is 5.32 Å². The number of hydrogen-bond donors (Lipinski definition) is 3. The molecule has 1 aliphatic rings. The molecule has 5 heteroatoms. The Morgan fingerprint density at radius 1 is 1.14 bits per heavy atom. The van der Waals surface area contributed by atoms with Crippen molar-refractivity contribution in [2.45, 2.75) is 31.7 Å². The van der Waals surface area contributed by atoms with Gasteiger partial charge in [0, 0.05) is 12.1 Å². The summed E-state index contributed by atoms with van der Waals surface area (Å²) in [5.74, 6) is -1.46. The summed E-state index contributed by atoms with van der Waals surface area (Å²) >= 11 is 0. The van der Waals surface area contributed by atoms with Gasteiger partial charge in [0.15, 0.2) is 0 Å². The van der Waals surface area contributed by atoms with Crippen molar-refractivity contribution in [3.63, 3.8) is 0 Å². The van der Waals surface area contributed by atoms with E-state index in [1.165, 1.54) is 6.08 Å². The first-order valence-corrected chi connectivity index (χ1v) is 7.06. The first-order chi connectivity index (χ1) is 10.1. The zero-order valence-electron chi connectivity index (χ0n) is 11.7. The quantitative estimate of drug-likeness (QED) is 0.741. The van der Waals surface area contributed by atoms with Crippen molar-refractivity contribution in [2.24, 2.45) is 5.92 Å². The minimum atomic E-state index is -0.845. The van der Waals surface area contributed by atoms with Crippen molar-refractivity contribution in [3.8, 4) is 5.75 Å². The molecule has 21 heavy (non-hydrogen) atoms. The summed E-state index contributed by atoms with van der Waals surface area (Å²) in [6, 6.07) is 6.17. The number of hydrogen-bond acceptors (Lipinski definition) is 3. The van der Waals surface area contributed by atoms with E-state index in [4.69, 9.17) is 5.11 Å². The molecule has 0 aromatic heterocycles. The maximum Gasteiger partial charge on any atom is 0.308 e. The summed E-state index contributed by atoms with van der Waals surface area (Å²) in [7, 11) is 0. The Balaban J connectivity index is 1.94. The molecule has 1 aromatic carbocycles. The molecule has 3 N–H and O–H groups in total. The predicted octanol–water partition coefficient (Wildman–Crippen LogP) is 2.17. The van der Waals surface area contributed by atoms with Crippen molar-refractivity contribution >= 4 is 18.0 Å². The number of carbonyl (C=O) groups is 2. The molecule has 1 aromatic rings. The Morgan fingerprint density at radius 2 is 1.81 bits per heavy atom. The molecule has 0 radical (unpaired) electrons. The highest BCUT2D eigenvalue weighted by Crippen LogP contribution is 2.24. The summed E-state index contributed by atoms with van der Waals surface area (Å²) in [5, 5.41) is 21.1. The van der Waals surface area contributed by atoms with Crippen LogP contribution in [0.25, 0.3) is 6.08 Å². The Morgan fingerprint density at radius 3 is 2.48 bits per heavy atom. The summed E-state index contributed by atoms with van der Waals surface area (Å²) in [5.41, 5.74) is 0.793. The fourth-order valence-electron chi connectivity index (χ4n) is 2.59. The number of phenolic OH excluding ortho intramolecular Hbond substituents is 1. The second kappa shape index (κ2) is 6.92. The number of amides is 1. The van der Waals surface area contributed by atoms with Gasteiger partial charge in [0.1, 0.15) is 5.75 Å². The molecule has 2 unspecified atom stereocenters. The number of benzene rings is 1. The summed E-state index contributed by atoms with van der Waals surface area (Å²) in [6.45, 7) is 0. The third kappa shape index (κ3) is 4.34. The molecular formula is C16H19NO4. The van der Waals surface area contributed by atoms with Gasteiger partial charge < -0.3 is 15.5 Å². The summed E-state index contributed by atoms with van der Waals surface area (Å²) in [6.07, 6.45) is 6.17. The molecule has 0 heterocycles. The highest BCUT2D eigenvalue weighted by molar-refractivity contribution is 5.92. The standard InChI is InChI=1S/C16H19NO4/c18-12-8-5-11(6-9-12)7-10-15(19)17-14-4-2-1-3-13(14)16(20)21/h5-10,13-14,18H,1-4H2,(H,17,19)(H,20,21). The SMILES string of the molecule is O=C(C=Cc1ccc(O)cc1)NC1CCCCC1C(=O)O. The first kappa shape index (κ1) is 15.1. The predicted molar refractivity (Wildman–Crippen MR) is 78.7 cm³/mol. The number of carboxylic acid groups (broad SMARTS) is 1. The number of nitrogens with one attached hydrogen (secondary N) is 1. The van der Waals surface area contributed by atoms with E-state index in [0.717, 1.165) is 18.4 Å². The van der Waals surface area contributed by atoms with Crippen LogP contribution < -0.4 is 5.32 Å². The normalized spacial score (nSPS) is 22.1. The molecule has 1 saturated carbocycles. The van der Waals surface area contributed by atoms with Crippen LogP contribution in [-0.4, -0.2) is 28.1 Å². The van der Waals surface area contributed by atoms with E-state index in [-0.39, 0.29) is 17.7 Å². The number of carbonyl (C=O) groups excluding carboxylic acids is 1. The lowest BCUT2D eigenvalue weighted by Crippen LogP contribution is -2.44. The zero-order chi connectivity index (χ0) is 15.2. The van der Waals surface area contributed by atoms with E-state index in [1.54, 1.807) is 30.3 Å². The van der Waals surface area contributed by atoms with E-state index >= 15 is 0 Å². The molecule has 1 aliphatic carbocycles. The maximum atomic E-state index is 11.9. The molecule has 0 bridgehead atoms. The molecule has 0 saturated heterocycles. The van der Waals surface area contributed by atoms with Gasteiger partial charge in [-0.05, 0) is 36.6 Å². The Kier molecular flexibility index (Phi) is 4.98. The maximum absolute atomic E-state index is 11.9. The number of aliphatic carboxylic acids is 1. The largest absolute Gasteiger partial charge is 0.508 e. The molecule has 2 atom stereocenters. The van der Waals surface area contributed by atoms with Gasteiger partial charge in [-0.1, -0.05) is 25.0 Å². The number of carboxylic acids is 1. The van der Waals surface area contributed by atoms with Crippen LogP contribution in [0.2, 0.25) is 0 Å². The first-order valence-electron chi connectivity index (χ1n) is 7.06. The van der Waals surface area contributed by atoms with E-state index in [1.807, 2.05) is 0 Å². The van der Waals surface area contributed by atoms with Crippen molar-refractivity contribution in [2.75, 3.05) is 0 Å². The highest BCUT2D eigenvalue weighted by Gasteiger charge is 2.31. The Labute approximate surface area is 123 Å². The van der Waals surface area contributed by atoms with Gasteiger partial charge >= 0.3 is 5.97 Å². The lowest BCUT2D eigenvalue weighted by atomic mass is 9.84. The summed E-state index contributed by atoms with van der Waals surface area (Å²) in [4.78, 5) is 23.0. The molecule has 0 aliphatic heterocycles. The van der Waals surface area contributed by atoms with Crippen LogP contribution in [0.5, 0.6) is 5.75 Å². The van der Waals surface area contributed by atoms with E-state index < -0.39 is 11.9 Å². The van der Waals surface area contributed by atoms with Crippen LogP contribution in [0.4, 0.5) is 0 Å². The molecule has 2 rings (SSSR count). The fraction of sp³-hybridized carbons (Fsp3) is 0.375. The topological polar surface area (TPSA) is 86.6 Å². The molecule has 1 amide bonds. The van der Waals surface area contributed by atoms with Gasteiger partial charge in [-0.2, -0.15) is 0 Å². The van der Waals surface area contributed by atoms with Gasteiger partial charge in [-0.25, -0.2) is 0 Å². The molecule has 112 valence electrons. The Hall–Kier alpha value is -2.30. The number of rotatable bonds is 4. The van der Waals surface area contributed by atoms with Crippen molar-refractivity contribution in [1.29, 1.82) is 0 Å². The lowest BCUT2D eigenvalue weighted by Gasteiger charge is -2.28. The average Bonchev–Trinajstić information content (AvgIpc) is 2.47. The zero-order valence-corrected chi connectivity index (χ0v) is 11.7.